The molecule has 5 heterocycles. The van der Waals surface area contributed by atoms with Crippen molar-refractivity contribution in [1.29, 1.82) is 0 Å². The molecule has 0 radical (unpaired) electrons. The van der Waals surface area contributed by atoms with Crippen LogP contribution in [0.15, 0.2) is 24.5 Å². The maximum absolute atomic E-state index is 13.2. The van der Waals surface area contributed by atoms with Crippen LogP contribution in [0.4, 0.5) is 5.13 Å². The highest BCUT2D eigenvalue weighted by Gasteiger charge is 2.30. The quantitative estimate of drug-likeness (QED) is 0.455. The Morgan fingerprint density at radius 1 is 1.22 bits per heavy atom. The average Bonchev–Trinajstić information content (AvgIpc) is 3.57. The number of rotatable bonds is 7. The number of aromatic nitrogens is 4. The van der Waals surface area contributed by atoms with Gasteiger partial charge in [-0.05, 0) is 56.2 Å². The molecule has 5 rings (SSSR count). The number of amides is 1. The van der Waals surface area contributed by atoms with Gasteiger partial charge in [0.2, 0.25) is 5.13 Å². The van der Waals surface area contributed by atoms with Gasteiger partial charge in [0, 0.05) is 42.2 Å². The summed E-state index contributed by atoms with van der Waals surface area (Å²) in [5.41, 5.74) is 2.36. The van der Waals surface area contributed by atoms with Crippen molar-refractivity contribution in [2.75, 3.05) is 38.7 Å². The summed E-state index contributed by atoms with van der Waals surface area (Å²) in [6.45, 7) is 5.36. The number of hydrogen-bond acceptors (Lipinski definition) is 10. The fraction of sp³-hybridized carbons (Fsp3) is 0.458. The minimum absolute atomic E-state index is 0.0349. The number of likely N-dealkylation sites (tertiary alicyclic amines) is 1. The molecule has 0 bridgehead atoms. The molecule has 12 heteroatoms. The molecule has 36 heavy (non-hydrogen) atoms. The minimum Gasteiger partial charge on any atom is -0.494 e. The van der Waals surface area contributed by atoms with Crippen molar-refractivity contribution >= 4 is 34.0 Å². The lowest BCUT2D eigenvalue weighted by Crippen LogP contribution is -2.46. The molecule has 3 aromatic heterocycles. The number of hydrogen-bond donors (Lipinski definition) is 1. The van der Waals surface area contributed by atoms with Gasteiger partial charge in [-0.1, -0.05) is 16.7 Å². The average molecular weight is 531 g/mol. The zero-order valence-electron chi connectivity index (χ0n) is 20.1. The first-order chi connectivity index (χ1) is 17.5. The van der Waals surface area contributed by atoms with Crippen molar-refractivity contribution in [3.8, 4) is 22.1 Å². The first kappa shape index (κ1) is 24.8. The summed E-state index contributed by atoms with van der Waals surface area (Å²) in [5, 5.41) is 12.1. The van der Waals surface area contributed by atoms with E-state index in [1.807, 2.05) is 13.0 Å². The number of carbonyl (C=O) groups excluding carboxylic acids is 1. The first-order valence-corrected chi connectivity index (χ1v) is 13.0. The maximum atomic E-state index is 13.2. The van der Waals surface area contributed by atoms with Gasteiger partial charge in [0.15, 0.2) is 0 Å². The highest BCUT2D eigenvalue weighted by molar-refractivity contribution is 7.17. The normalized spacial score (nSPS) is 20.3. The molecule has 2 saturated heterocycles. The molecule has 0 aromatic carbocycles. The second-order valence-corrected chi connectivity index (χ2v) is 10.1. The molecule has 0 spiro atoms. The number of nitrogens with one attached hydrogen (secondary N) is 1. The Labute approximate surface area is 218 Å². The Balaban J connectivity index is 1.29. The fourth-order valence-corrected chi connectivity index (χ4v) is 5.39. The van der Waals surface area contributed by atoms with E-state index in [9.17, 15) is 4.79 Å². The van der Waals surface area contributed by atoms with Gasteiger partial charge in [0.05, 0.1) is 25.5 Å². The van der Waals surface area contributed by atoms with Crippen LogP contribution in [-0.2, 0) is 4.74 Å². The Kier molecular flexibility index (Phi) is 7.61. The number of methoxy groups -OCH3 is 1. The van der Waals surface area contributed by atoms with E-state index in [0.717, 1.165) is 51.3 Å². The zero-order valence-corrected chi connectivity index (χ0v) is 21.6. The Bertz CT molecular complexity index is 1240. The van der Waals surface area contributed by atoms with Gasteiger partial charge in [-0.3, -0.25) is 20.0 Å². The van der Waals surface area contributed by atoms with Crippen LogP contribution in [0.2, 0.25) is 5.15 Å². The number of piperidine rings is 1. The van der Waals surface area contributed by atoms with Crippen LogP contribution < -0.4 is 14.8 Å². The van der Waals surface area contributed by atoms with E-state index < -0.39 is 0 Å². The van der Waals surface area contributed by atoms with Gasteiger partial charge < -0.3 is 14.2 Å². The van der Waals surface area contributed by atoms with E-state index in [-0.39, 0.29) is 12.0 Å². The van der Waals surface area contributed by atoms with Crippen molar-refractivity contribution in [2.45, 2.75) is 38.3 Å². The molecular weight excluding hydrogens is 504 g/mol. The zero-order chi connectivity index (χ0) is 25.1. The lowest BCUT2D eigenvalue weighted by Gasteiger charge is -2.35. The molecule has 10 nitrogen and oxygen atoms in total. The number of halogens is 1. The van der Waals surface area contributed by atoms with Crippen molar-refractivity contribution in [2.24, 2.45) is 0 Å². The third-order valence-corrected chi connectivity index (χ3v) is 7.29. The standard InChI is InChI=1S/C24H27ClN6O4S/c1-14-8-17(18-9-21(25)27-11-20(18)33-2)19(10-26-14)22(32)28-23-29-30-24(36-23)35-16-4-3-6-31(12-16)15-5-7-34-13-15/h8-11,15-16H,3-7,12-13H2,1-2H3,(H,28,29,32). The Morgan fingerprint density at radius 2 is 2.11 bits per heavy atom. The summed E-state index contributed by atoms with van der Waals surface area (Å²) in [6.07, 6.45) is 6.17. The third kappa shape index (κ3) is 5.59. The predicted octanol–water partition coefficient (Wildman–Crippen LogP) is 3.85. The van der Waals surface area contributed by atoms with Crippen molar-refractivity contribution < 1.29 is 19.0 Å². The van der Waals surface area contributed by atoms with Gasteiger partial charge in [0.25, 0.3) is 11.1 Å². The van der Waals surface area contributed by atoms with Crippen molar-refractivity contribution in [3.63, 3.8) is 0 Å². The summed E-state index contributed by atoms with van der Waals surface area (Å²) < 4.78 is 17.1. The Hall–Kier alpha value is -2.86. The van der Waals surface area contributed by atoms with Gasteiger partial charge in [-0.15, -0.1) is 5.10 Å². The molecule has 1 N–H and O–H groups in total. The molecule has 2 fully saturated rings. The van der Waals surface area contributed by atoms with E-state index >= 15 is 0 Å². The molecule has 0 aliphatic carbocycles. The lowest BCUT2D eigenvalue weighted by molar-refractivity contribution is 0.0551. The lowest BCUT2D eigenvalue weighted by atomic mass is 10.0. The molecule has 2 unspecified atom stereocenters. The van der Waals surface area contributed by atoms with E-state index in [0.29, 0.717) is 44.0 Å². The molecule has 1 amide bonds. The predicted molar refractivity (Wildman–Crippen MR) is 136 cm³/mol. The van der Waals surface area contributed by atoms with Gasteiger partial charge in [-0.2, -0.15) is 0 Å². The van der Waals surface area contributed by atoms with Crippen LogP contribution in [0, 0.1) is 6.92 Å². The van der Waals surface area contributed by atoms with Crippen LogP contribution in [0.1, 0.15) is 35.3 Å². The first-order valence-electron chi connectivity index (χ1n) is 11.8. The van der Waals surface area contributed by atoms with Gasteiger partial charge in [0.1, 0.15) is 17.0 Å². The second kappa shape index (κ2) is 11.0. The van der Waals surface area contributed by atoms with Crippen LogP contribution in [0.5, 0.6) is 10.9 Å². The van der Waals surface area contributed by atoms with E-state index in [1.54, 1.807) is 6.07 Å². The van der Waals surface area contributed by atoms with E-state index in [2.05, 4.69) is 30.4 Å². The van der Waals surface area contributed by atoms with Crippen LogP contribution in [0.25, 0.3) is 11.1 Å². The van der Waals surface area contributed by atoms with Crippen molar-refractivity contribution in [3.05, 3.63) is 40.9 Å². The largest absolute Gasteiger partial charge is 0.494 e. The van der Waals surface area contributed by atoms with Gasteiger partial charge in [-0.25, -0.2) is 4.98 Å². The summed E-state index contributed by atoms with van der Waals surface area (Å²) in [5.74, 6) is 0.122. The van der Waals surface area contributed by atoms with Crippen LogP contribution in [0.3, 0.4) is 0 Å². The monoisotopic (exact) mass is 530 g/mol. The number of nitrogens with zero attached hydrogens (tertiary/aromatic N) is 5. The molecule has 2 aliphatic rings. The molecule has 3 aromatic rings. The molecular formula is C24H27ClN6O4S. The number of pyridine rings is 2. The highest BCUT2D eigenvalue weighted by Crippen LogP contribution is 2.34. The molecule has 190 valence electrons. The fourth-order valence-electron chi connectivity index (χ4n) is 4.57. The summed E-state index contributed by atoms with van der Waals surface area (Å²) >= 11 is 7.33. The van der Waals surface area contributed by atoms with E-state index in [4.69, 9.17) is 25.8 Å². The minimum atomic E-state index is -0.375. The second-order valence-electron chi connectivity index (χ2n) is 8.80. The highest BCUT2D eigenvalue weighted by atomic mass is 35.5. The topological polar surface area (TPSA) is 112 Å². The number of anilines is 1. The SMILES string of the molecule is COc1cnc(Cl)cc1-c1cc(C)ncc1C(=O)Nc1nnc(OC2CCCN(C3CCOC3)C2)s1. The van der Waals surface area contributed by atoms with Crippen molar-refractivity contribution in [1.82, 2.24) is 25.1 Å². The number of aryl methyl sites for hydroxylation is 1. The van der Waals surface area contributed by atoms with Gasteiger partial charge >= 0.3 is 0 Å². The molecule has 2 aliphatic heterocycles. The summed E-state index contributed by atoms with van der Waals surface area (Å²) in [6, 6.07) is 3.93. The summed E-state index contributed by atoms with van der Waals surface area (Å²) in [4.78, 5) is 24.0. The summed E-state index contributed by atoms with van der Waals surface area (Å²) in [7, 11) is 1.54. The third-order valence-electron chi connectivity index (χ3n) is 6.36. The number of carbonyl (C=O) groups is 1. The smallest absolute Gasteiger partial charge is 0.296 e. The number of ether oxygens (including phenoxy) is 3. The molecule has 0 saturated carbocycles. The maximum Gasteiger partial charge on any atom is 0.296 e. The molecule has 2 atom stereocenters. The Morgan fingerprint density at radius 3 is 2.92 bits per heavy atom. The van der Waals surface area contributed by atoms with Crippen LogP contribution in [-0.4, -0.2) is 76.5 Å². The van der Waals surface area contributed by atoms with Crippen LogP contribution >= 0.6 is 22.9 Å². The van der Waals surface area contributed by atoms with E-state index in [1.165, 1.54) is 30.8 Å².